The first-order valence-electron chi connectivity index (χ1n) is 7.96. The van der Waals surface area contributed by atoms with Crippen molar-refractivity contribution in [3.8, 4) is 0 Å². The van der Waals surface area contributed by atoms with Gasteiger partial charge in [0.15, 0.2) is 0 Å². The molecule has 1 aromatic carbocycles. The molecule has 0 aliphatic carbocycles. The first kappa shape index (κ1) is 16.9. The third kappa shape index (κ3) is 6.47. The van der Waals surface area contributed by atoms with Gasteiger partial charge in [0.1, 0.15) is 0 Å². The zero-order chi connectivity index (χ0) is 15.1. The average Bonchev–Trinajstić information content (AvgIpc) is 2.43. The van der Waals surface area contributed by atoms with Gasteiger partial charge in [0.05, 0.1) is 12.2 Å². The number of hydrogen-bond acceptors (Lipinski definition) is 3. The molecule has 1 fully saturated rings. The van der Waals surface area contributed by atoms with Gasteiger partial charge in [0.25, 0.3) is 0 Å². The van der Waals surface area contributed by atoms with Crippen molar-refractivity contribution in [2.75, 3.05) is 26.2 Å². The number of ether oxygens (including phenoxy) is 1. The zero-order valence-electron chi connectivity index (χ0n) is 13.1. The minimum absolute atomic E-state index is 0.379. The fourth-order valence-electron chi connectivity index (χ4n) is 2.89. The molecule has 21 heavy (non-hydrogen) atoms. The predicted octanol–water partition coefficient (Wildman–Crippen LogP) is 3.43. The zero-order valence-corrected chi connectivity index (χ0v) is 14.7. The van der Waals surface area contributed by atoms with Crippen LogP contribution in [0.1, 0.15) is 32.3 Å². The summed E-state index contributed by atoms with van der Waals surface area (Å²) >= 11 is 3.46. The van der Waals surface area contributed by atoms with Crippen molar-refractivity contribution in [2.45, 2.75) is 45.4 Å². The molecule has 1 N–H and O–H groups in total. The molecule has 1 aromatic rings. The van der Waals surface area contributed by atoms with Crippen molar-refractivity contribution in [2.24, 2.45) is 0 Å². The Morgan fingerprint density at radius 1 is 1.14 bits per heavy atom. The van der Waals surface area contributed by atoms with Gasteiger partial charge in [-0.2, -0.15) is 0 Å². The van der Waals surface area contributed by atoms with E-state index in [1.54, 1.807) is 0 Å². The number of halogens is 1. The van der Waals surface area contributed by atoms with E-state index in [0.29, 0.717) is 12.2 Å². The van der Waals surface area contributed by atoms with Crippen molar-refractivity contribution in [3.63, 3.8) is 0 Å². The van der Waals surface area contributed by atoms with Crippen LogP contribution in [0.25, 0.3) is 0 Å². The molecule has 3 nitrogen and oxygen atoms in total. The van der Waals surface area contributed by atoms with Gasteiger partial charge in [0, 0.05) is 24.1 Å². The minimum atomic E-state index is 0.379. The Morgan fingerprint density at radius 2 is 1.81 bits per heavy atom. The van der Waals surface area contributed by atoms with E-state index in [4.69, 9.17) is 4.74 Å². The van der Waals surface area contributed by atoms with Crippen molar-refractivity contribution in [3.05, 3.63) is 34.3 Å². The van der Waals surface area contributed by atoms with Crippen LogP contribution in [0.2, 0.25) is 0 Å². The number of benzene rings is 1. The maximum absolute atomic E-state index is 5.76. The molecule has 0 bridgehead atoms. The van der Waals surface area contributed by atoms with Crippen LogP contribution in [0.15, 0.2) is 28.7 Å². The topological polar surface area (TPSA) is 24.5 Å². The molecule has 0 radical (unpaired) electrons. The van der Waals surface area contributed by atoms with Crippen LogP contribution in [0, 0.1) is 0 Å². The summed E-state index contributed by atoms with van der Waals surface area (Å²) in [4.78, 5) is 2.54. The van der Waals surface area contributed by atoms with Crippen LogP contribution in [-0.4, -0.2) is 43.3 Å². The molecule has 2 atom stereocenters. The van der Waals surface area contributed by atoms with E-state index in [0.717, 1.165) is 30.7 Å². The van der Waals surface area contributed by atoms with Crippen LogP contribution in [0.3, 0.4) is 0 Å². The molecule has 2 rings (SSSR count). The summed E-state index contributed by atoms with van der Waals surface area (Å²) in [6.45, 7) is 9.74. The predicted molar refractivity (Wildman–Crippen MR) is 91.5 cm³/mol. The van der Waals surface area contributed by atoms with E-state index in [2.05, 4.69) is 64.3 Å². The smallest absolute Gasteiger partial charge is 0.0678 e. The SMILES string of the molecule is CC1CN(CCCCNCc2ccc(Br)cc2)CC(C)O1. The molecule has 1 heterocycles. The summed E-state index contributed by atoms with van der Waals surface area (Å²) in [5.41, 5.74) is 1.34. The Hall–Kier alpha value is -0.420. The number of nitrogens with one attached hydrogen (secondary N) is 1. The summed E-state index contributed by atoms with van der Waals surface area (Å²) in [7, 11) is 0. The van der Waals surface area contributed by atoms with Crippen LogP contribution in [-0.2, 0) is 11.3 Å². The fraction of sp³-hybridized carbons (Fsp3) is 0.647. The Bertz CT molecular complexity index is 400. The largest absolute Gasteiger partial charge is 0.373 e. The van der Waals surface area contributed by atoms with Crippen LogP contribution < -0.4 is 5.32 Å². The molecule has 2 unspecified atom stereocenters. The fourth-order valence-corrected chi connectivity index (χ4v) is 3.15. The third-order valence-corrected chi connectivity index (χ3v) is 4.34. The van der Waals surface area contributed by atoms with Gasteiger partial charge in [0.2, 0.25) is 0 Å². The molecule has 118 valence electrons. The van der Waals surface area contributed by atoms with E-state index >= 15 is 0 Å². The van der Waals surface area contributed by atoms with Crippen molar-refractivity contribution >= 4 is 15.9 Å². The molecular formula is C17H27BrN2O. The van der Waals surface area contributed by atoms with Gasteiger partial charge in [-0.05, 0) is 57.5 Å². The molecule has 1 aliphatic heterocycles. The first-order valence-corrected chi connectivity index (χ1v) is 8.76. The van der Waals surface area contributed by atoms with Crippen molar-refractivity contribution < 1.29 is 4.74 Å². The lowest BCUT2D eigenvalue weighted by Crippen LogP contribution is -2.45. The highest BCUT2D eigenvalue weighted by atomic mass is 79.9. The molecule has 0 saturated carbocycles. The summed E-state index contributed by atoms with van der Waals surface area (Å²) in [6, 6.07) is 8.51. The van der Waals surface area contributed by atoms with Crippen LogP contribution >= 0.6 is 15.9 Å². The van der Waals surface area contributed by atoms with E-state index in [9.17, 15) is 0 Å². The highest BCUT2D eigenvalue weighted by Crippen LogP contribution is 2.11. The molecule has 4 heteroatoms. The second-order valence-corrected chi connectivity index (χ2v) is 6.94. The van der Waals surface area contributed by atoms with Crippen molar-refractivity contribution in [1.29, 1.82) is 0 Å². The van der Waals surface area contributed by atoms with E-state index < -0.39 is 0 Å². The van der Waals surface area contributed by atoms with Gasteiger partial charge in [-0.25, -0.2) is 0 Å². The minimum Gasteiger partial charge on any atom is -0.373 e. The van der Waals surface area contributed by atoms with Gasteiger partial charge in [-0.1, -0.05) is 28.1 Å². The average molecular weight is 355 g/mol. The van der Waals surface area contributed by atoms with Gasteiger partial charge < -0.3 is 10.1 Å². The van der Waals surface area contributed by atoms with Crippen LogP contribution in [0.4, 0.5) is 0 Å². The first-order chi connectivity index (χ1) is 10.1. The Morgan fingerprint density at radius 3 is 2.48 bits per heavy atom. The summed E-state index contributed by atoms with van der Waals surface area (Å²) < 4.78 is 6.90. The second-order valence-electron chi connectivity index (χ2n) is 6.03. The molecule has 1 saturated heterocycles. The summed E-state index contributed by atoms with van der Waals surface area (Å²) in [5.74, 6) is 0. The van der Waals surface area contributed by atoms with E-state index in [1.165, 1.54) is 24.9 Å². The van der Waals surface area contributed by atoms with Gasteiger partial charge >= 0.3 is 0 Å². The Labute approximate surface area is 137 Å². The molecule has 0 aromatic heterocycles. The maximum atomic E-state index is 5.76. The third-order valence-electron chi connectivity index (χ3n) is 3.82. The number of unbranched alkanes of at least 4 members (excludes halogenated alkanes) is 1. The Balaban J connectivity index is 1.53. The van der Waals surface area contributed by atoms with Crippen molar-refractivity contribution in [1.82, 2.24) is 10.2 Å². The second kappa shape index (κ2) is 8.89. The Kier molecular flexibility index (Phi) is 7.17. The number of hydrogen-bond donors (Lipinski definition) is 1. The standard InChI is InChI=1S/C17H27BrN2O/c1-14-12-20(13-15(2)21-14)10-4-3-9-19-11-16-5-7-17(18)8-6-16/h5-8,14-15,19H,3-4,9-13H2,1-2H3. The molecule has 1 aliphatic rings. The molecular weight excluding hydrogens is 328 g/mol. The lowest BCUT2D eigenvalue weighted by atomic mass is 10.2. The quantitative estimate of drug-likeness (QED) is 0.759. The molecule has 0 spiro atoms. The maximum Gasteiger partial charge on any atom is 0.0678 e. The highest BCUT2D eigenvalue weighted by molar-refractivity contribution is 9.10. The number of rotatable bonds is 7. The lowest BCUT2D eigenvalue weighted by Gasteiger charge is -2.35. The van der Waals surface area contributed by atoms with E-state index in [1.807, 2.05) is 0 Å². The lowest BCUT2D eigenvalue weighted by molar-refractivity contribution is -0.0681. The monoisotopic (exact) mass is 354 g/mol. The van der Waals surface area contributed by atoms with E-state index in [-0.39, 0.29) is 0 Å². The highest BCUT2D eigenvalue weighted by Gasteiger charge is 2.21. The number of morpholine rings is 1. The number of nitrogens with zero attached hydrogens (tertiary/aromatic N) is 1. The summed E-state index contributed by atoms with van der Waals surface area (Å²) in [6.07, 6.45) is 3.25. The van der Waals surface area contributed by atoms with Gasteiger partial charge in [-0.15, -0.1) is 0 Å². The van der Waals surface area contributed by atoms with Gasteiger partial charge in [-0.3, -0.25) is 4.90 Å². The van der Waals surface area contributed by atoms with Crippen LogP contribution in [0.5, 0.6) is 0 Å². The summed E-state index contributed by atoms with van der Waals surface area (Å²) in [5, 5.41) is 3.52. The normalized spacial score (nSPS) is 23.4. The molecule has 0 amide bonds.